The molecule has 1 aliphatic rings. The number of likely N-dealkylation sites (tertiary alicyclic amines) is 1. The second-order valence-electron chi connectivity index (χ2n) is 7.69. The Kier molecular flexibility index (Phi) is 6.92. The van der Waals surface area contributed by atoms with Gasteiger partial charge in [0.05, 0.1) is 11.9 Å². The molecule has 1 saturated heterocycles. The van der Waals surface area contributed by atoms with E-state index < -0.39 is 10.0 Å². The molecule has 1 heterocycles. The number of carbonyl (C=O) groups excluding carboxylic acids is 1. The third kappa shape index (κ3) is 6.30. The minimum Gasteiger partial charge on any atom is -0.348 e. The molecule has 1 amide bonds. The highest BCUT2D eigenvalue weighted by molar-refractivity contribution is 7.92. The maximum absolute atomic E-state index is 12.6. The quantitative estimate of drug-likeness (QED) is 0.727. The van der Waals surface area contributed by atoms with Gasteiger partial charge in [0.1, 0.15) is 0 Å². The zero-order chi connectivity index (χ0) is 20.9. The highest BCUT2D eigenvalue weighted by Crippen LogP contribution is 2.20. The van der Waals surface area contributed by atoms with Crippen LogP contribution in [-0.2, 0) is 23.1 Å². The van der Waals surface area contributed by atoms with Gasteiger partial charge in [-0.25, -0.2) is 8.42 Å². The van der Waals surface area contributed by atoms with Crippen LogP contribution in [0.2, 0.25) is 0 Å². The van der Waals surface area contributed by atoms with Crippen LogP contribution in [0.1, 0.15) is 46.3 Å². The van der Waals surface area contributed by atoms with Crippen LogP contribution in [0.5, 0.6) is 0 Å². The lowest BCUT2D eigenvalue weighted by atomic mass is 10.1. The van der Waals surface area contributed by atoms with E-state index in [2.05, 4.69) is 27.1 Å². The topological polar surface area (TPSA) is 78.5 Å². The van der Waals surface area contributed by atoms with Crippen molar-refractivity contribution in [3.63, 3.8) is 0 Å². The SMILES string of the molecule is Cc1c(NS(C)(=O)=O)cccc1C(=O)NCc1ccc(CN2CCCCC2)cc1. The van der Waals surface area contributed by atoms with E-state index in [0.29, 0.717) is 23.4 Å². The normalized spacial score (nSPS) is 15.1. The smallest absolute Gasteiger partial charge is 0.251 e. The van der Waals surface area contributed by atoms with E-state index in [1.807, 2.05) is 12.1 Å². The van der Waals surface area contributed by atoms with Crippen molar-refractivity contribution in [1.82, 2.24) is 10.2 Å². The van der Waals surface area contributed by atoms with Crippen molar-refractivity contribution in [1.29, 1.82) is 0 Å². The molecular weight excluding hydrogens is 386 g/mol. The number of amides is 1. The van der Waals surface area contributed by atoms with Crippen LogP contribution >= 0.6 is 0 Å². The summed E-state index contributed by atoms with van der Waals surface area (Å²) < 4.78 is 25.4. The van der Waals surface area contributed by atoms with Crippen molar-refractivity contribution in [2.45, 2.75) is 39.3 Å². The number of piperidine rings is 1. The van der Waals surface area contributed by atoms with Crippen LogP contribution in [0.15, 0.2) is 42.5 Å². The van der Waals surface area contributed by atoms with E-state index in [-0.39, 0.29) is 5.91 Å². The minimum absolute atomic E-state index is 0.225. The Bertz CT molecular complexity index is 950. The Hall–Kier alpha value is -2.38. The van der Waals surface area contributed by atoms with Crippen molar-refractivity contribution in [2.24, 2.45) is 0 Å². The first kappa shape index (κ1) is 21.3. The summed E-state index contributed by atoms with van der Waals surface area (Å²) in [4.78, 5) is 15.1. The van der Waals surface area contributed by atoms with Gasteiger partial charge in [-0.15, -0.1) is 0 Å². The average Bonchev–Trinajstić information content (AvgIpc) is 2.69. The Labute approximate surface area is 173 Å². The van der Waals surface area contributed by atoms with Crippen LogP contribution in [0.3, 0.4) is 0 Å². The molecule has 2 aromatic rings. The molecule has 0 radical (unpaired) electrons. The Morgan fingerprint density at radius 3 is 2.31 bits per heavy atom. The first-order valence-electron chi connectivity index (χ1n) is 9.97. The Balaban J connectivity index is 1.58. The molecule has 0 aromatic heterocycles. The van der Waals surface area contributed by atoms with Gasteiger partial charge < -0.3 is 5.32 Å². The van der Waals surface area contributed by atoms with Gasteiger partial charge in [0.25, 0.3) is 5.91 Å². The summed E-state index contributed by atoms with van der Waals surface area (Å²) in [7, 11) is -3.40. The third-order valence-electron chi connectivity index (χ3n) is 5.20. The van der Waals surface area contributed by atoms with E-state index >= 15 is 0 Å². The minimum atomic E-state index is -3.40. The van der Waals surface area contributed by atoms with Gasteiger partial charge >= 0.3 is 0 Å². The first-order valence-corrected chi connectivity index (χ1v) is 11.9. The summed E-state index contributed by atoms with van der Waals surface area (Å²) in [6.07, 6.45) is 4.99. The maximum atomic E-state index is 12.6. The lowest BCUT2D eigenvalue weighted by Gasteiger charge is -2.26. The van der Waals surface area contributed by atoms with Crippen molar-refractivity contribution in [2.75, 3.05) is 24.1 Å². The lowest BCUT2D eigenvalue weighted by Crippen LogP contribution is -2.29. The van der Waals surface area contributed by atoms with E-state index in [9.17, 15) is 13.2 Å². The van der Waals surface area contributed by atoms with Crippen LogP contribution in [0.4, 0.5) is 5.69 Å². The highest BCUT2D eigenvalue weighted by atomic mass is 32.2. The molecule has 1 aliphatic heterocycles. The molecule has 6 nitrogen and oxygen atoms in total. The monoisotopic (exact) mass is 415 g/mol. The number of nitrogens with one attached hydrogen (secondary N) is 2. The zero-order valence-electron chi connectivity index (χ0n) is 17.1. The molecule has 2 N–H and O–H groups in total. The number of anilines is 1. The van der Waals surface area contributed by atoms with Crippen molar-refractivity contribution in [3.8, 4) is 0 Å². The van der Waals surface area contributed by atoms with E-state index in [1.165, 1.54) is 37.9 Å². The third-order valence-corrected chi connectivity index (χ3v) is 5.80. The summed E-state index contributed by atoms with van der Waals surface area (Å²) in [5.74, 6) is -0.225. The van der Waals surface area contributed by atoms with Gasteiger partial charge in [0, 0.05) is 18.7 Å². The van der Waals surface area contributed by atoms with Gasteiger partial charge in [-0.3, -0.25) is 14.4 Å². The number of benzene rings is 2. The summed E-state index contributed by atoms with van der Waals surface area (Å²) in [6, 6.07) is 13.4. The molecule has 3 rings (SSSR count). The van der Waals surface area contributed by atoms with Gasteiger partial charge in [0.15, 0.2) is 0 Å². The van der Waals surface area contributed by atoms with Crippen LogP contribution in [0, 0.1) is 6.92 Å². The van der Waals surface area contributed by atoms with E-state index in [4.69, 9.17) is 0 Å². The number of nitrogens with zero attached hydrogens (tertiary/aromatic N) is 1. The van der Waals surface area contributed by atoms with Crippen LogP contribution in [-0.4, -0.2) is 38.6 Å². The second kappa shape index (κ2) is 9.41. The van der Waals surface area contributed by atoms with Crippen LogP contribution < -0.4 is 10.0 Å². The predicted octanol–water partition coefficient (Wildman–Crippen LogP) is 3.28. The first-order chi connectivity index (χ1) is 13.8. The molecular formula is C22H29N3O3S. The van der Waals surface area contributed by atoms with Gasteiger partial charge in [-0.2, -0.15) is 0 Å². The van der Waals surface area contributed by atoms with Gasteiger partial charge in [-0.05, 0) is 61.7 Å². The molecule has 156 valence electrons. The Morgan fingerprint density at radius 1 is 1.00 bits per heavy atom. The van der Waals surface area contributed by atoms with Crippen molar-refractivity contribution >= 4 is 21.6 Å². The average molecular weight is 416 g/mol. The fraction of sp³-hybridized carbons (Fsp3) is 0.409. The Morgan fingerprint density at radius 2 is 1.66 bits per heavy atom. The lowest BCUT2D eigenvalue weighted by molar-refractivity contribution is 0.0950. The number of hydrogen-bond acceptors (Lipinski definition) is 4. The molecule has 7 heteroatoms. The van der Waals surface area contributed by atoms with Crippen LogP contribution in [0.25, 0.3) is 0 Å². The molecule has 29 heavy (non-hydrogen) atoms. The summed E-state index contributed by atoms with van der Waals surface area (Å²) in [5, 5.41) is 2.92. The summed E-state index contributed by atoms with van der Waals surface area (Å²) in [5.41, 5.74) is 3.80. The molecule has 1 fully saturated rings. The largest absolute Gasteiger partial charge is 0.348 e. The zero-order valence-corrected chi connectivity index (χ0v) is 17.9. The van der Waals surface area contributed by atoms with Crippen molar-refractivity contribution in [3.05, 3.63) is 64.7 Å². The van der Waals surface area contributed by atoms with E-state index in [0.717, 1.165) is 18.4 Å². The van der Waals surface area contributed by atoms with E-state index in [1.54, 1.807) is 25.1 Å². The number of sulfonamides is 1. The standard InChI is InChI=1S/C22H29N3O3S/c1-17-20(7-6-8-21(17)24-29(2,27)28)22(26)23-15-18-9-11-19(12-10-18)16-25-13-4-3-5-14-25/h6-12,24H,3-5,13-16H2,1-2H3,(H,23,26). The highest BCUT2D eigenvalue weighted by Gasteiger charge is 2.14. The fourth-order valence-electron chi connectivity index (χ4n) is 3.61. The molecule has 0 atom stereocenters. The summed E-state index contributed by atoms with van der Waals surface area (Å²) in [6.45, 7) is 5.48. The molecule has 2 aromatic carbocycles. The number of carbonyl (C=O) groups is 1. The predicted molar refractivity (Wildman–Crippen MR) is 116 cm³/mol. The molecule has 0 aliphatic carbocycles. The molecule has 0 spiro atoms. The molecule has 0 saturated carbocycles. The maximum Gasteiger partial charge on any atom is 0.251 e. The number of rotatable bonds is 7. The van der Waals surface area contributed by atoms with Crippen molar-refractivity contribution < 1.29 is 13.2 Å². The number of hydrogen-bond donors (Lipinski definition) is 2. The van der Waals surface area contributed by atoms with Gasteiger partial charge in [-0.1, -0.05) is 36.8 Å². The molecule has 0 bridgehead atoms. The summed E-state index contributed by atoms with van der Waals surface area (Å²) >= 11 is 0. The molecule has 0 unspecified atom stereocenters. The second-order valence-corrected chi connectivity index (χ2v) is 9.44. The fourth-order valence-corrected chi connectivity index (χ4v) is 4.23. The van der Waals surface area contributed by atoms with Gasteiger partial charge in [0.2, 0.25) is 10.0 Å².